The van der Waals surface area contributed by atoms with Crippen molar-refractivity contribution in [1.29, 1.82) is 0 Å². The van der Waals surface area contributed by atoms with E-state index < -0.39 is 0 Å². The minimum Gasteiger partial charge on any atom is -0.369 e. The topological polar surface area (TPSA) is 41.0 Å². The van der Waals surface area contributed by atoms with Gasteiger partial charge in [-0.3, -0.25) is 4.90 Å². The summed E-state index contributed by atoms with van der Waals surface area (Å²) >= 11 is 1.78. The molecule has 0 aliphatic carbocycles. The van der Waals surface area contributed by atoms with Crippen molar-refractivity contribution in [2.75, 3.05) is 25.0 Å². The Morgan fingerprint density at radius 1 is 1.19 bits per heavy atom. The Kier molecular flexibility index (Phi) is 5.69. The predicted octanol–water partition coefficient (Wildman–Crippen LogP) is 4.89. The van der Waals surface area contributed by atoms with Crippen molar-refractivity contribution in [2.45, 2.75) is 39.7 Å². The maximum Gasteiger partial charge on any atom is 0.138 e. The number of anilines is 1. The van der Waals surface area contributed by atoms with Crippen molar-refractivity contribution in [2.24, 2.45) is 5.92 Å². The van der Waals surface area contributed by atoms with Crippen LogP contribution in [0.25, 0.3) is 10.2 Å². The number of aromatic nitrogens is 2. The number of benzene rings is 1. The lowest BCUT2D eigenvalue weighted by Gasteiger charge is -2.32. The molecule has 0 radical (unpaired) electrons. The Bertz CT molecular complexity index is 896. The lowest BCUT2D eigenvalue weighted by Crippen LogP contribution is -2.35. The molecule has 27 heavy (non-hydrogen) atoms. The number of piperidine rings is 1. The zero-order valence-electron chi connectivity index (χ0n) is 16.2. The van der Waals surface area contributed by atoms with Crippen molar-refractivity contribution in [3.63, 3.8) is 0 Å². The van der Waals surface area contributed by atoms with Gasteiger partial charge in [-0.05, 0) is 56.8 Å². The van der Waals surface area contributed by atoms with Gasteiger partial charge in [0, 0.05) is 18.0 Å². The van der Waals surface area contributed by atoms with Gasteiger partial charge in [-0.15, -0.1) is 11.3 Å². The van der Waals surface area contributed by atoms with Crippen LogP contribution >= 0.6 is 11.3 Å². The van der Waals surface area contributed by atoms with Crippen molar-refractivity contribution in [3.8, 4) is 0 Å². The molecule has 3 aromatic rings. The Balaban J connectivity index is 1.30. The molecule has 1 N–H and O–H groups in total. The maximum atomic E-state index is 4.49. The lowest BCUT2D eigenvalue weighted by atomic mass is 9.96. The van der Waals surface area contributed by atoms with Crippen molar-refractivity contribution >= 4 is 27.4 Å². The summed E-state index contributed by atoms with van der Waals surface area (Å²) in [5.74, 6) is 1.71. The second-order valence-corrected chi connectivity index (χ2v) is 8.71. The monoisotopic (exact) mass is 380 g/mol. The van der Waals surface area contributed by atoms with E-state index in [1.165, 1.54) is 47.3 Å². The third-order valence-electron chi connectivity index (χ3n) is 5.48. The molecule has 0 amide bonds. The zero-order chi connectivity index (χ0) is 18.6. The minimum atomic E-state index is 0.716. The van der Waals surface area contributed by atoms with Crippen LogP contribution in [-0.2, 0) is 13.0 Å². The van der Waals surface area contributed by atoms with Crippen LogP contribution < -0.4 is 5.32 Å². The molecule has 0 unspecified atom stereocenters. The number of thiophene rings is 1. The first-order valence-corrected chi connectivity index (χ1v) is 10.8. The Morgan fingerprint density at radius 2 is 2.04 bits per heavy atom. The summed E-state index contributed by atoms with van der Waals surface area (Å²) in [5, 5.41) is 4.78. The second kappa shape index (κ2) is 8.36. The first kappa shape index (κ1) is 18.4. The molecule has 0 spiro atoms. The molecule has 2 aromatic heterocycles. The number of nitrogens with zero attached hydrogens (tertiary/aromatic N) is 3. The van der Waals surface area contributed by atoms with Crippen LogP contribution in [0, 0.1) is 12.8 Å². The van der Waals surface area contributed by atoms with Crippen molar-refractivity contribution in [3.05, 3.63) is 52.7 Å². The second-order valence-electron chi connectivity index (χ2n) is 7.60. The van der Waals surface area contributed by atoms with Gasteiger partial charge in [-0.1, -0.05) is 36.8 Å². The minimum absolute atomic E-state index is 0.716. The van der Waals surface area contributed by atoms with Crippen LogP contribution in [0.5, 0.6) is 0 Å². The smallest absolute Gasteiger partial charge is 0.138 e. The summed E-state index contributed by atoms with van der Waals surface area (Å²) in [7, 11) is 0. The van der Waals surface area contributed by atoms with E-state index in [-0.39, 0.29) is 0 Å². The molecule has 5 heteroatoms. The van der Waals surface area contributed by atoms with Gasteiger partial charge in [0.2, 0.25) is 0 Å². The van der Waals surface area contributed by atoms with Crippen molar-refractivity contribution < 1.29 is 0 Å². The molecule has 1 saturated heterocycles. The summed E-state index contributed by atoms with van der Waals surface area (Å²) in [6, 6.07) is 11.1. The van der Waals surface area contributed by atoms with Gasteiger partial charge < -0.3 is 5.32 Å². The van der Waals surface area contributed by atoms with E-state index in [0.717, 1.165) is 30.2 Å². The zero-order valence-corrected chi connectivity index (χ0v) is 17.1. The van der Waals surface area contributed by atoms with Gasteiger partial charge in [0.1, 0.15) is 17.0 Å². The van der Waals surface area contributed by atoms with Crippen LogP contribution in [0.4, 0.5) is 5.82 Å². The van der Waals surface area contributed by atoms with Crippen LogP contribution in [-0.4, -0.2) is 34.5 Å². The Hall–Kier alpha value is -1.98. The quantitative estimate of drug-likeness (QED) is 0.661. The highest BCUT2D eigenvalue weighted by Crippen LogP contribution is 2.29. The van der Waals surface area contributed by atoms with E-state index in [2.05, 4.69) is 64.4 Å². The van der Waals surface area contributed by atoms with E-state index in [4.69, 9.17) is 0 Å². The highest BCUT2D eigenvalue weighted by atomic mass is 32.1. The Morgan fingerprint density at radius 3 is 2.81 bits per heavy atom. The number of hydrogen-bond donors (Lipinski definition) is 1. The number of likely N-dealkylation sites (tertiary alicyclic amines) is 1. The molecular weight excluding hydrogens is 352 g/mol. The fourth-order valence-electron chi connectivity index (χ4n) is 3.88. The third kappa shape index (κ3) is 4.47. The fraction of sp³-hybridized carbons (Fsp3) is 0.455. The normalized spacial score (nSPS) is 16.1. The largest absolute Gasteiger partial charge is 0.369 e. The lowest BCUT2D eigenvalue weighted by molar-refractivity contribution is 0.182. The van der Waals surface area contributed by atoms with Gasteiger partial charge >= 0.3 is 0 Å². The maximum absolute atomic E-state index is 4.49. The van der Waals surface area contributed by atoms with Crippen LogP contribution in [0.15, 0.2) is 36.7 Å². The van der Waals surface area contributed by atoms with E-state index in [9.17, 15) is 0 Å². The van der Waals surface area contributed by atoms with E-state index in [0.29, 0.717) is 5.92 Å². The van der Waals surface area contributed by atoms with Crippen LogP contribution in [0.3, 0.4) is 0 Å². The molecule has 3 heterocycles. The predicted molar refractivity (Wildman–Crippen MR) is 114 cm³/mol. The fourth-order valence-corrected chi connectivity index (χ4v) is 4.81. The first-order valence-electron chi connectivity index (χ1n) is 9.96. The Labute approximate surface area is 165 Å². The molecular formula is C22H28N4S. The number of fused-ring (bicyclic) bond motifs is 1. The molecule has 4 nitrogen and oxygen atoms in total. The van der Waals surface area contributed by atoms with Gasteiger partial charge in [0.05, 0.1) is 5.39 Å². The molecule has 0 bridgehead atoms. The molecule has 1 aliphatic heterocycles. The van der Waals surface area contributed by atoms with Crippen molar-refractivity contribution in [1.82, 2.24) is 14.9 Å². The molecule has 1 aromatic carbocycles. The van der Waals surface area contributed by atoms with E-state index >= 15 is 0 Å². The summed E-state index contributed by atoms with van der Waals surface area (Å²) < 4.78 is 0. The van der Waals surface area contributed by atoms with Gasteiger partial charge in [0.15, 0.2) is 0 Å². The van der Waals surface area contributed by atoms with Gasteiger partial charge in [-0.25, -0.2) is 9.97 Å². The molecule has 142 valence electrons. The number of rotatable bonds is 6. The number of nitrogens with one attached hydrogen (secondary N) is 1. The molecule has 4 rings (SSSR count). The van der Waals surface area contributed by atoms with E-state index in [1.54, 1.807) is 17.7 Å². The first-order chi connectivity index (χ1) is 13.2. The summed E-state index contributed by atoms with van der Waals surface area (Å²) in [5.41, 5.74) is 2.78. The van der Waals surface area contributed by atoms with Gasteiger partial charge in [-0.2, -0.15) is 0 Å². The third-order valence-corrected chi connectivity index (χ3v) is 6.67. The summed E-state index contributed by atoms with van der Waals surface area (Å²) in [6.45, 7) is 8.79. The number of aryl methyl sites for hydroxylation is 2. The standard InChI is InChI=1S/C22H28N4S/c1-3-19-12-20-21(24-15-25-22(20)27-19)23-13-17-7-9-26(10-8-17)14-18-6-4-5-16(2)11-18/h4-6,11-12,15,17H,3,7-10,13-14H2,1-2H3,(H,23,24,25). The molecule has 1 fully saturated rings. The van der Waals surface area contributed by atoms with Gasteiger partial charge in [0.25, 0.3) is 0 Å². The molecule has 0 atom stereocenters. The highest BCUT2D eigenvalue weighted by molar-refractivity contribution is 7.18. The number of hydrogen-bond acceptors (Lipinski definition) is 5. The molecule has 0 saturated carbocycles. The summed E-state index contributed by atoms with van der Waals surface area (Å²) in [4.78, 5) is 14.0. The summed E-state index contributed by atoms with van der Waals surface area (Å²) in [6.07, 6.45) is 5.23. The average molecular weight is 381 g/mol. The molecule has 1 aliphatic rings. The average Bonchev–Trinajstić information content (AvgIpc) is 3.11. The highest BCUT2D eigenvalue weighted by Gasteiger charge is 2.19. The van der Waals surface area contributed by atoms with E-state index in [1.807, 2.05) is 0 Å². The van der Waals surface area contributed by atoms with Crippen LogP contribution in [0.1, 0.15) is 35.8 Å². The SMILES string of the molecule is CCc1cc2c(NCC3CCN(Cc4cccc(C)c4)CC3)ncnc2s1. The van der Waals surface area contributed by atoms with Crippen LogP contribution in [0.2, 0.25) is 0 Å².